The fourth-order valence-corrected chi connectivity index (χ4v) is 7.67. The van der Waals surface area contributed by atoms with Gasteiger partial charge in [-0.3, -0.25) is 0 Å². The maximum absolute atomic E-state index is 6.44. The molecule has 4 aromatic carbocycles. The summed E-state index contributed by atoms with van der Waals surface area (Å²) < 4.78 is 48.3. The number of hydrogen-bond donors (Lipinski definition) is 0. The fraction of sp³-hybridized carbons (Fsp3) is 0.300. The Morgan fingerprint density at radius 2 is 0.840 bits per heavy atom. The Morgan fingerprint density at radius 1 is 0.380 bits per heavy atom. The van der Waals surface area contributed by atoms with E-state index in [0.717, 1.165) is 65.4 Å². The minimum atomic E-state index is 0.390. The zero-order valence-electron chi connectivity index (χ0n) is 27.8. The number of hydrogen-bond acceptors (Lipinski definition) is 10. The average molecular weight is 713 g/mol. The third-order valence-electron chi connectivity index (χ3n) is 8.16. The summed E-state index contributed by atoms with van der Waals surface area (Å²) in [6.45, 7) is 5.28. The smallest absolute Gasteiger partial charge is 0.138 e. The van der Waals surface area contributed by atoms with E-state index in [0.29, 0.717) is 79.3 Å². The van der Waals surface area contributed by atoms with E-state index in [9.17, 15) is 0 Å². The molecule has 3 heterocycles. The molecule has 0 saturated heterocycles. The molecule has 8 nitrogen and oxygen atoms in total. The summed E-state index contributed by atoms with van der Waals surface area (Å²) in [6, 6.07) is 29.1. The van der Waals surface area contributed by atoms with Gasteiger partial charge in [0, 0.05) is 11.1 Å². The summed E-state index contributed by atoms with van der Waals surface area (Å²) in [7, 11) is 0. The predicted molar refractivity (Wildman–Crippen MR) is 200 cm³/mol. The molecule has 0 saturated carbocycles. The highest BCUT2D eigenvalue weighted by atomic mass is 32.1. The van der Waals surface area contributed by atoms with E-state index in [2.05, 4.69) is 54.6 Å². The van der Waals surface area contributed by atoms with Crippen molar-refractivity contribution in [2.75, 3.05) is 79.3 Å². The van der Waals surface area contributed by atoms with Gasteiger partial charge in [-0.1, -0.05) is 54.6 Å². The Bertz CT molecular complexity index is 1960. The Labute approximate surface area is 300 Å². The van der Waals surface area contributed by atoms with E-state index in [1.165, 1.54) is 0 Å². The molecule has 0 atom stereocenters. The van der Waals surface area contributed by atoms with Gasteiger partial charge in [-0.2, -0.15) is 0 Å². The highest BCUT2D eigenvalue weighted by Gasteiger charge is 2.18. The zero-order chi connectivity index (χ0) is 33.8. The van der Waals surface area contributed by atoms with Gasteiger partial charge in [0.25, 0.3) is 0 Å². The van der Waals surface area contributed by atoms with Crippen molar-refractivity contribution in [1.29, 1.82) is 0 Å². The predicted octanol–water partition coefficient (Wildman–Crippen LogP) is 8.75. The number of benzene rings is 4. The highest BCUT2D eigenvalue weighted by Crippen LogP contribution is 2.45. The van der Waals surface area contributed by atoms with Gasteiger partial charge in [-0.05, 0) is 62.6 Å². The topological polar surface area (TPSA) is 73.8 Å². The number of thiophene rings is 2. The second kappa shape index (κ2) is 17.7. The van der Waals surface area contributed by atoms with Crippen molar-refractivity contribution in [2.45, 2.75) is 0 Å². The largest absolute Gasteiger partial charge is 0.491 e. The molecule has 10 heteroatoms. The second-order valence-electron chi connectivity index (χ2n) is 11.4. The molecule has 0 radical (unpaired) electrons. The van der Waals surface area contributed by atoms with E-state index in [1.807, 2.05) is 41.1 Å². The van der Waals surface area contributed by atoms with Gasteiger partial charge in [0.15, 0.2) is 0 Å². The van der Waals surface area contributed by atoms with E-state index < -0.39 is 0 Å². The molecule has 0 aliphatic carbocycles. The lowest BCUT2D eigenvalue weighted by Crippen LogP contribution is -2.14. The van der Waals surface area contributed by atoms with Crippen LogP contribution >= 0.6 is 22.7 Å². The van der Waals surface area contributed by atoms with Crippen molar-refractivity contribution in [3.63, 3.8) is 0 Å². The first-order valence-corrected chi connectivity index (χ1v) is 18.6. The summed E-state index contributed by atoms with van der Waals surface area (Å²) in [5.41, 5.74) is 1.95. The van der Waals surface area contributed by atoms with Crippen LogP contribution in [0.4, 0.5) is 0 Å². The molecule has 260 valence electrons. The van der Waals surface area contributed by atoms with E-state index in [4.69, 9.17) is 37.9 Å². The van der Waals surface area contributed by atoms with Crippen molar-refractivity contribution in [3.8, 4) is 43.9 Å². The maximum atomic E-state index is 6.44. The van der Waals surface area contributed by atoms with Gasteiger partial charge >= 0.3 is 0 Å². The van der Waals surface area contributed by atoms with Crippen molar-refractivity contribution < 1.29 is 37.9 Å². The SMILES string of the molecule is c1ccc2cc3c(cc2c1)OCCOCCOCCOc1ccsc1-c1sccc1OCCOCCOCCOc1ccc2ccccc2c1-3. The standard InChI is InChI=1S/C40H40O8S2/c1-2-7-31-28-37-33(27-30(31)6-1)38-32-8-4-3-5-29(32)9-10-34(38)45-21-17-41-13-14-42-18-22-46-35-11-25-49-39(35)40-36(12-26-50-40)47-23-19-43-15-16-44-20-24-48-37/h1-12,25-28H,13-24H2. The molecule has 0 fully saturated rings. The minimum absolute atomic E-state index is 0.390. The van der Waals surface area contributed by atoms with Gasteiger partial charge in [0.05, 0.1) is 62.6 Å². The summed E-state index contributed by atoms with van der Waals surface area (Å²) in [4.78, 5) is 2.10. The highest BCUT2D eigenvalue weighted by molar-refractivity contribution is 7.21. The van der Waals surface area contributed by atoms with Crippen molar-refractivity contribution >= 4 is 44.2 Å². The monoisotopic (exact) mass is 712 g/mol. The third-order valence-corrected chi connectivity index (χ3v) is 10.1. The maximum Gasteiger partial charge on any atom is 0.138 e. The van der Waals surface area contributed by atoms with Crippen molar-refractivity contribution in [1.82, 2.24) is 0 Å². The Morgan fingerprint density at radius 3 is 1.42 bits per heavy atom. The van der Waals surface area contributed by atoms with Crippen LogP contribution in [0.15, 0.2) is 95.7 Å². The molecule has 1 aliphatic rings. The average Bonchev–Trinajstić information content (AvgIpc) is 3.81. The number of rotatable bonds is 0. The van der Waals surface area contributed by atoms with Gasteiger partial charge in [0.1, 0.15) is 49.4 Å². The molecule has 0 amide bonds. The van der Waals surface area contributed by atoms with Crippen LogP contribution in [0.2, 0.25) is 0 Å². The number of ether oxygens (including phenoxy) is 8. The van der Waals surface area contributed by atoms with Crippen molar-refractivity contribution in [2.24, 2.45) is 0 Å². The molecule has 6 aromatic rings. The first kappa shape index (κ1) is 34.3. The van der Waals surface area contributed by atoms with Gasteiger partial charge < -0.3 is 37.9 Å². The summed E-state index contributed by atoms with van der Waals surface area (Å²) in [6.07, 6.45) is 0. The summed E-state index contributed by atoms with van der Waals surface area (Å²) in [5.74, 6) is 3.20. The van der Waals surface area contributed by atoms with Crippen molar-refractivity contribution in [3.05, 3.63) is 95.7 Å². The molecule has 0 N–H and O–H groups in total. The minimum Gasteiger partial charge on any atom is -0.491 e. The molecule has 0 unspecified atom stereocenters. The first-order chi connectivity index (χ1) is 24.8. The Kier molecular flexibility index (Phi) is 12.1. The second-order valence-corrected chi connectivity index (χ2v) is 13.3. The molecule has 2 aromatic heterocycles. The van der Waals surface area contributed by atoms with E-state index in [1.54, 1.807) is 22.7 Å². The summed E-state index contributed by atoms with van der Waals surface area (Å²) in [5, 5.41) is 8.49. The van der Waals surface area contributed by atoms with Gasteiger partial charge in [0.2, 0.25) is 0 Å². The summed E-state index contributed by atoms with van der Waals surface area (Å²) >= 11 is 3.27. The molecule has 0 bridgehead atoms. The molecular weight excluding hydrogens is 673 g/mol. The normalized spacial score (nSPS) is 16.2. The molecule has 1 aliphatic heterocycles. The van der Waals surface area contributed by atoms with Crippen LogP contribution in [0.3, 0.4) is 0 Å². The van der Waals surface area contributed by atoms with Crippen LogP contribution in [0.5, 0.6) is 23.0 Å². The quantitative estimate of drug-likeness (QED) is 0.155. The van der Waals surface area contributed by atoms with Gasteiger partial charge in [-0.25, -0.2) is 0 Å². The first-order valence-electron chi connectivity index (χ1n) is 16.9. The van der Waals surface area contributed by atoms with Crippen LogP contribution in [0, 0.1) is 0 Å². The molecular formula is C40H40O8S2. The van der Waals surface area contributed by atoms with E-state index >= 15 is 0 Å². The molecule has 7 rings (SSSR count). The third kappa shape index (κ3) is 8.58. The Hall–Kier alpha value is -4.16. The lowest BCUT2D eigenvalue weighted by molar-refractivity contribution is 0.0272. The van der Waals surface area contributed by atoms with Crippen LogP contribution in [-0.2, 0) is 18.9 Å². The van der Waals surface area contributed by atoms with Gasteiger partial charge in [-0.15, -0.1) is 22.7 Å². The molecule has 0 spiro atoms. The number of fused-ring (bicyclic) bond motifs is 9. The lowest BCUT2D eigenvalue weighted by atomic mass is 9.94. The Balaban J connectivity index is 1.06. The fourth-order valence-electron chi connectivity index (χ4n) is 5.82. The van der Waals surface area contributed by atoms with Crippen LogP contribution < -0.4 is 18.9 Å². The zero-order valence-corrected chi connectivity index (χ0v) is 29.4. The van der Waals surface area contributed by atoms with E-state index in [-0.39, 0.29) is 0 Å². The van der Waals surface area contributed by atoms with Crippen LogP contribution in [-0.4, -0.2) is 79.3 Å². The molecule has 50 heavy (non-hydrogen) atoms. The van der Waals surface area contributed by atoms with Crippen LogP contribution in [0.25, 0.3) is 42.4 Å². The van der Waals surface area contributed by atoms with Crippen LogP contribution in [0.1, 0.15) is 0 Å². The lowest BCUT2D eigenvalue weighted by Gasteiger charge is -2.19.